The summed E-state index contributed by atoms with van der Waals surface area (Å²) in [5.41, 5.74) is 1.66. The van der Waals surface area contributed by atoms with Crippen molar-refractivity contribution in [3.05, 3.63) is 29.3 Å². The van der Waals surface area contributed by atoms with Gasteiger partial charge in [-0.1, -0.05) is 17.7 Å². The molecule has 2 fully saturated rings. The summed E-state index contributed by atoms with van der Waals surface area (Å²) in [6, 6.07) is 5.25. The molecular formula is C21H36N4O5S2. The van der Waals surface area contributed by atoms with Crippen molar-refractivity contribution in [3.63, 3.8) is 0 Å². The van der Waals surface area contributed by atoms with Gasteiger partial charge in [-0.15, -0.1) is 0 Å². The topological polar surface area (TPSA) is 99.3 Å². The van der Waals surface area contributed by atoms with Gasteiger partial charge in [0.1, 0.15) is 0 Å². The van der Waals surface area contributed by atoms with Crippen LogP contribution in [0.2, 0.25) is 0 Å². The van der Waals surface area contributed by atoms with Gasteiger partial charge in [-0.2, -0.15) is 8.61 Å². The Kier molecular flexibility index (Phi) is 9.07. The monoisotopic (exact) mass is 488 g/mol. The van der Waals surface area contributed by atoms with Gasteiger partial charge in [0.15, 0.2) is 0 Å². The van der Waals surface area contributed by atoms with Crippen LogP contribution in [-0.2, 0) is 24.8 Å². The molecule has 0 amide bonds. The number of sulfonamides is 2. The SMILES string of the molecule is Cc1ccc(S(=O)(=O)N(CCCN2CCOCC2)CCS(=O)(=O)N2CCNCC2)c(C)c1. The highest BCUT2D eigenvalue weighted by molar-refractivity contribution is 7.90. The summed E-state index contributed by atoms with van der Waals surface area (Å²) in [4.78, 5) is 2.50. The van der Waals surface area contributed by atoms with Crippen LogP contribution in [0.25, 0.3) is 0 Å². The minimum atomic E-state index is -3.81. The number of benzene rings is 1. The molecule has 0 radical (unpaired) electrons. The molecule has 2 heterocycles. The maximum absolute atomic E-state index is 13.5. The Hall–Kier alpha value is -1.08. The molecule has 2 saturated heterocycles. The van der Waals surface area contributed by atoms with Crippen molar-refractivity contribution in [1.82, 2.24) is 18.8 Å². The van der Waals surface area contributed by atoms with Gasteiger partial charge in [0, 0.05) is 52.4 Å². The third-order valence-corrected chi connectivity index (χ3v) is 9.91. The number of piperazine rings is 1. The van der Waals surface area contributed by atoms with Gasteiger partial charge in [0.25, 0.3) is 0 Å². The third kappa shape index (κ3) is 6.72. The summed E-state index contributed by atoms with van der Waals surface area (Å²) in [6.07, 6.45) is 0.637. The van der Waals surface area contributed by atoms with Gasteiger partial charge in [-0.25, -0.2) is 16.8 Å². The Balaban J connectivity index is 1.73. The van der Waals surface area contributed by atoms with Crippen LogP contribution in [0.15, 0.2) is 23.1 Å². The predicted molar refractivity (Wildman–Crippen MR) is 125 cm³/mol. The summed E-state index contributed by atoms with van der Waals surface area (Å²) in [5.74, 6) is -0.214. The van der Waals surface area contributed by atoms with Crippen molar-refractivity contribution in [3.8, 4) is 0 Å². The average molecular weight is 489 g/mol. The Bertz CT molecular complexity index is 956. The first-order valence-electron chi connectivity index (χ1n) is 11.3. The zero-order valence-electron chi connectivity index (χ0n) is 19.1. The fourth-order valence-electron chi connectivity index (χ4n) is 4.14. The summed E-state index contributed by atoms with van der Waals surface area (Å²) < 4.78 is 60.9. The molecule has 3 rings (SSSR count). The summed E-state index contributed by atoms with van der Waals surface area (Å²) in [7, 11) is -7.33. The lowest BCUT2D eigenvalue weighted by Crippen LogP contribution is -2.48. The summed E-state index contributed by atoms with van der Waals surface area (Å²) >= 11 is 0. The standard InChI is InChI=1S/C21H36N4O5S2/c1-19-4-5-21(20(2)18-19)32(28,29)25(9-3-8-23-12-15-30-16-13-23)14-17-31(26,27)24-10-6-22-7-11-24/h4-5,18,22H,3,6-17H2,1-2H3. The zero-order valence-corrected chi connectivity index (χ0v) is 20.8. The van der Waals surface area contributed by atoms with Crippen molar-refractivity contribution in [2.24, 2.45) is 0 Å². The molecule has 0 saturated carbocycles. The Morgan fingerprint density at radius 3 is 2.34 bits per heavy atom. The second-order valence-corrected chi connectivity index (χ2v) is 12.4. The van der Waals surface area contributed by atoms with Crippen LogP contribution >= 0.6 is 0 Å². The van der Waals surface area contributed by atoms with Gasteiger partial charge >= 0.3 is 0 Å². The molecule has 0 aromatic heterocycles. The second-order valence-electron chi connectivity index (χ2n) is 8.45. The van der Waals surface area contributed by atoms with Crippen LogP contribution in [0.4, 0.5) is 0 Å². The fraction of sp³-hybridized carbons (Fsp3) is 0.714. The number of hydrogen-bond donors (Lipinski definition) is 1. The van der Waals surface area contributed by atoms with Gasteiger partial charge in [-0.05, 0) is 38.4 Å². The van der Waals surface area contributed by atoms with E-state index in [4.69, 9.17) is 4.74 Å². The molecule has 0 spiro atoms. The molecule has 0 bridgehead atoms. The van der Waals surface area contributed by atoms with E-state index in [1.54, 1.807) is 19.1 Å². The molecule has 32 heavy (non-hydrogen) atoms. The maximum atomic E-state index is 13.5. The number of nitrogens with one attached hydrogen (secondary N) is 1. The number of ether oxygens (including phenoxy) is 1. The van der Waals surface area contributed by atoms with Crippen LogP contribution in [0.3, 0.4) is 0 Å². The molecule has 2 aliphatic heterocycles. The zero-order chi connectivity index (χ0) is 23.2. The van der Waals surface area contributed by atoms with Crippen molar-refractivity contribution < 1.29 is 21.6 Å². The molecule has 182 valence electrons. The number of rotatable bonds is 10. The fourth-order valence-corrected chi connectivity index (χ4v) is 7.39. The molecule has 2 aliphatic rings. The lowest BCUT2D eigenvalue weighted by atomic mass is 10.2. The van der Waals surface area contributed by atoms with Crippen LogP contribution in [0.5, 0.6) is 0 Å². The first kappa shape index (κ1) is 25.5. The highest BCUT2D eigenvalue weighted by atomic mass is 32.2. The molecule has 0 unspecified atom stereocenters. The second kappa shape index (κ2) is 11.4. The Morgan fingerprint density at radius 1 is 1.00 bits per heavy atom. The van der Waals surface area contributed by atoms with E-state index < -0.39 is 20.0 Å². The highest BCUT2D eigenvalue weighted by Crippen LogP contribution is 2.22. The van der Waals surface area contributed by atoms with Crippen molar-refractivity contribution in [2.75, 3.05) is 77.9 Å². The summed E-state index contributed by atoms with van der Waals surface area (Å²) in [6.45, 7) is 9.80. The number of morpholine rings is 1. The Labute approximate surface area is 192 Å². The minimum absolute atomic E-state index is 0.0506. The van der Waals surface area contributed by atoms with E-state index in [2.05, 4.69) is 10.2 Å². The van der Waals surface area contributed by atoms with Gasteiger partial charge < -0.3 is 10.1 Å². The molecule has 0 atom stereocenters. The van der Waals surface area contributed by atoms with Crippen LogP contribution < -0.4 is 5.32 Å². The van der Waals surface area contributed by atoms with Gasteiger partial charge in [0.2, 0.25) is 20.0 Å². The lowest BCUT2D eigenvalue weighted by molar-refractivity contribution is 0.0369. The van der Waals surface area contributed by atoms with Crippen molar-refractivity contribution in [1.29, 1.82) is 0 Å². The molecular weight excluding hydrogens is 452 g/mol. The van der Waals surface area contributed by atoms with E-state index in [0.717, 1.165) is 25.2 Å². The third-order valence-electron chi connectivity index (χ3n) is 6.00. The summed E-state index contributed by atoms with van der Waals surface area (Å²) in [5, 5.41) is 3.14. The molecule has 1 aromatic carbocycles. The van der Waals surface area contributed by atoms with E-state index in [9.17, 15) is 16.8 Å². The van der Waals surface area contributed by atoms with Crippen molar-refractivity contribution in [2.45, 2.75) is 25.2 Å². The number of aryl methyl sites for hydroxylation is 2. The Morgan fingerprint density at radius 2 is 1.69 bits per heavy atom. The molecule has 11 heteroatoms. The first-order chi connectivity index (χ1) is 15.2. The highest BCUT2D eigenvalue weighted by Gasteiger charge is 2.30. The van der Waals surface area contributed by atoms with Gasteiger partial charge in [0.05, 0.1) is 23.9 Å². The first-order valence-corrected chi connectivity index (χ1v) is 14.3. The van der Waals surface area contributed by atoms with E-state index in [1.807, 2.05) is 13.0 Å². The van der Waals surface area contributed by atoms with E-state index in [0.29, 0.717) is 51.4 Å². The van der Waals surface area contributed by atoms with E-state index >= 15 is 0 Å². The molecule has 1 N–H and O–H groups in total. The van der Waals surface area contributed by atoms with Gasteiger partial charge in [-0.3, -0.25) is 4.90 Å². The largest absolute Gasteiger partial charge is 0.379 e. The maximum Gasteiger partial charge on any atom is 0.243 e. The van der Waals surface area contributed by atoms with E-state index in [1.165, 1.54) is 8.61 Å². The minimum Gasteiger partial charge on any atom is -0.379 e. The smallest absolute Gasteiger partial charge is 0.243 e. The predicted octanol–water partition coefficient (Wildman–Crippen LogP) is 0.251. The van der Waals surface area contributed by atoms with Crippen LogP contribution in [0.1, 0.15) is 17.5 Å². The average Bonchev–Trinajstić information content (AvgIpc) is 2.77. The van der Waals surface area contributed by atoms with Crippen LogP contribution in [0, 0.1) is 13.8 Å². The lowest BCUT2D eigenvalue weighted by Gasteiger charge is -2.30. The molecule has 1 aromatic rings. The number of nitrogens with zero attached hydrogens (tertiary/aromatic N) is 3. The molecule has 9 nitrogen and oxygen atoms in total. The van der Waals surface area contributed by atoms with E-state index in [-0.39, 0.29) is 23.7 Å². The molecule has 0 aliphatic carbocycles. The van der Waals surface area contributed by atoms with Crippen molar-refractivity contribution >= 4 is 20.0 Å². The normalized spacial score (nSPS) is 19.5. The quantitative estimate of drug-likeness (QED) is 0.504. The number of hydrogen-bond acceptors (Lipinski definition) is 7. The van der Waals surface area contributed by atoms with Crippen LogP contribution in [-0.4, -0.2) is 108 Å².